The highest BCUT2D eigenvalue weighted by Crippen LogP contribution is 2.37. The van der Waals surface area contributed by atoms with Crippen LogP contribution in [-0.2, 0) is 6.18 Å². The first-order valence-corrected chi connectivity index (χ1v) is 4.70. The quantitative estimate of drug-likeness (QED) is 0.709. The summed E-state index contributed by atoms with van der Waals surface area (Å²) in [5, 5.41) is 18.7. The predicted molar refractivity (Wildman–Crippen MR) is 51.4 cm³/mol. The van der Waals surface area contributed by atoms with Gasteiger partial charge in [0.2, 0.25) is 0 Å². The summed E-state index contributed by atoms with van der Waals surface area (Å²) >= 11 is 0. The SMILES string of the molecule is NCC(O)C(O)c1cccc(F)c1C(F)(F)F. The largest absolute Gasteiger partial charge is 0.419 e. The van der Waals surface area contributed by atoms with Crippen molar-refractivity contribution in [2.45, 2.75) is 18.4 Å². The van der Waals surface area contributed by atoms with Gasteiger partial charge >= 0.3 is 6.18 Å². The van der Waals surface area contributed by atoms with E-state index in [2.05, 4.69) is 0 Å². The minimum absolute atomic E-state index is 0.436. The van der Waals surface area contributed by atoms with E-state index in [-0.39, 0.29) is 0 Å². The van der Waals surface area contributed by atoms with Crippen LogP contribution in [0.4, 0.5) is 17.6 Å². The van der Waals surface area contributed by atoms with Gasteiger partial charge in [0.05, 0.1) is 11.7 Å². The molecule has 0 bridgehead atoms. The Bertz CT molecular complexity index is 394. The summed E-state index contributed by atoms with van der Waals surface area (Å²) in [6.07, 6.45) is -8.42. The van der Waals surface area contributed by atoms with E-state index < -0.39 is 41.9 Å². The molecule has 0 aromatic heterocycles. The summed E-state index contributed by atoms with van der Waals surface area (Å²) in [6, 6.07) is 2.55. The van der Waals surface area contributed by atoms with Gasteiger partial charge in [-0.1, -0.05) is 12.1 Å². The average Bonchev–Trinajstić information content (AvgIpc) is 2.24. The van der Waals surface area contributed by atoms with Crippen molar-refractivity contribution in [2.24, 2.45) is 5.73 Å². The highest BCUT2D eigenvalue weighted by Gasteiger charge is 2.39. The van der Waals surface area contributed by atoms with E-state index in [0.717, 1.165) is 12.1 Å². The molecule has 2 unspecified atom stereocenters. The Hall–Kier alpha value is -1.18. The number of hydrogen-bond acceptors (Lipinski definition) is 3. The molecule has 17 heavy (non-hydrogen) atoms. The van der Waals surface area contributed by atoms with E-state index >= 15 is 0 Å². The van der Waals surface area contributed by atoms with Gasteiger partial charge in [0.15, 0.2) is 0 Å². The lowest BCUT2D eigenvalue weighted by molar-refractivity contribution is -0.142. The second-order valence-electron chi connectivity index (χ2n) is 3.45. The van der Waals surface area contributed by atoms with Crippen LogP contribution >= 0.6 is 0 Å². The van der Waals surface area contributed by atoms with Crippen molar-refractivity contribution in [2.75, 3.05) is 6.54 Å². The Morgan fingerprint density at radius 1 is 1.24 bits per heavy atom. The molecule has 0 radical (unpaired) electrons. The molecule has 1 aromatic carbocycles. The minimum atomic E-state index is -4.95. The van der Waals surface area contributed by atoms with Gasteiger partial charge in [-0.2, -0.15) is 13.2 Å². The maximum atomic E-state index is 13.1. The molecule has 0 aliphatic heterocycles. The first kappa shape index (κ1) is 13.9. The smallest absolute Gasteiger partial charge is 0.389 e. The van der Waals surface area contributed by atoms with Crippen molar-refractivity contribution in [1.29, 1.82) is 0 Å². The van der Waals surface area contributed by atoms with Gasteiger partial charge in [0.25, 0.3) is 0 Å². The molecular weight excluding hydrogens is 242 g/mol. The van der Waals surface area contributed by atoms with Crippen molar-refractivity contribution < 1.29 is 27.8 Å². The number of aliphatic hydroxyl groups excluding tert-OH is 2. The Labute approximate surface area is 94.5 Å². The summed E-state index contributed by atoms with van der Waals surface area (Å²) in [7, 11) is 0. The summed E-state index contributed by atoms with van der Waals surface area (Å²) in [6.45, 7) is -0.436. The van der Waals surface area contributed by atoms with Crippen molar-refractivity contribution in [3.63, 3.8) is 0 Å². The fraction of sp³-hybridized carbons (Fsp3) is 0.400. The Balaban J connectivity index is 3.29. The van der Waals surface area contributed by atoms with E-state index in [1.54, 1.807) is 0 Å². The average molecular weight is 253 g/mol. The van der Waals surface area contributed by atoms with Gasteiger partial charge in [-0.05, 0) is 11.6 Å². The molecule has 2 atom stereocenters. The molecule has 96 valence electrons. The van der Waals surface area contributed by atoms with Gasteiger partial charge in [-0.25, -0.2) is 4.39 Å². The zero-order valence-electron chi connectivity index (χ0n) is 8.58. The van der Waals surface area contributed by atoms with Crippen LogP contribution in [0.3, 0.4) is 0 Å². The number of nitrogens with two attached hydrogens (primary N) is 1. The molecular formula is C10H11F4NO2. The van der Waals surface area contributed by atoms with Crippen LogP contribution in [0.25, 0.3) is 0 Å². The molecule has 7 heteroatoms. The van der Waals surface area contributed by atoms with Crippen LogP contribution in [0, 0.1) is 5.82 Å². The molecule has 0 fully saturated rings. The monoisotopic (exact) mass is 253 g/mol. The summed E-state index contributed by atoms with van der Waals surface area (Å²) < 4.78 is 50.8. The third-order valence-electron chi connectivity index (χ3n) is 2.25. The lowest BCUT2D eigenvalue weighted by atomic mass is 9.98. The highest BCUT2D eigenvalue weighted by molar-refractivity contribution is 5.33. The molecule has 1 aromatic rings. The predicted octanol–water partition coefficient (Wildman–Crippen LogP) is 1.20. The number of halogens is 4. The molecule has 3 nitrogen and oxygen atoms in total. The number of hydrogen-bond donors (Lipinski definition) is 3. The first-order chi connectivity index (χ1) is 7.79. The fourth-order valence-electron chi connectivity index (χ4n) is 1.42. The van der Waals surface area contributed by atoms with Gasteiger partial charge in [-0.15, -0.1) is 0 Å². The van der Waals surface area contributed by atoms with Crippen molar-refractivity contribution in [3.05, 3.63) is 35.1 Å². The van der Waals surface area contributed by atoms with E-state index in [4.69, 9.17) is 5.73 Å². The number of rotatable bonds is 3. The second-order valence-corrected chi connectivity index (χ2v) is 3.45. The van der Waals surface area contributed by atoms with E-state index in [1.165, 1.54) is 0 Å². The van der Waals surface area contributed by atoms with Crippen LogP contribution in [0.15, 0.2) is 18.2 Å². The van der Waals surface area contributed by atoms with Crippen LogP contribution in [0.2, 0.25) is 0 Å². The second kappa shape index (κ2) is 4.99. The molecule has 0 aliphatic carbocycles. The summed E-state index contributed by atoms with van der Waals surface area (Å²) in [5.41, 5.74) is 2.71. The van der Waals surface area contributed by atoms with Gasteiger partial charge in [0.1, 0.15) is 11.9 Å². The zero-order valence-corrected chi connectivity index (χ0v) is 8.58. The Morgan fingerprint density at radius 3 is 2.29 bits per heavy atom. The van der Waals surface area contributed by atoms with E-state index in [0.29, 0.717) is 6.07 Å². The molecule has 0 amide bonds. The third kappa shape index (κ3) is 2.93. The van der Waals surface area contributed by atoms with Crippen LogP contribution in [0.1, 0.15) is 17.2 Å². The lowest BCUT2D eigenvalue weighted by Gasteiger charge is -2.21. The molecule has 0 saturated carbocycles. The fourth-order valence-corrected chi connectivity index (χ4v) is 1.42. The Kier molecular flexibility index (Phi) is 4.07. The van der Waals surface area contributed by atoms with Crippen LogP contribution in [0.5, 0.6) is 0 Å². The normalized spacial score (nSPS) is 15.7. The molecule has 0 aliphatic rings. The van der Waals surface area contributed by atoms with Crippen LogP contribution in [-0.4, -0.2) is 22.9 Å². The molecule has 4 N–H and O–H groups in total. The summed E-state index contributed by atoms with van der Waals surface area (Å²) in [5.74, 6) is -1.50. The number of aliphatic hydroxyl groups is 2. The van der Waals surface area contributed by atoms with Crippen molar-refractivity contribution >= 4 is 0 Å². The maximum Gasteiger partial charge on any atom is 0.419 e. The third-order valence-corrected chi connectivity index (χ3v) is 2.25. The number of benzene rings is 1. The summed E-state index contributed by atoms with van der Waals surface area (Å²) in [4.78, 5) is 0. The topological polar surface area (TPSA) is 66.5 Å². The molecule has 0 heterocycles. The van der Waals surface area contributed by atoms with Crippen LogP contribution < -0.4 is 5.73 Å². The van der Waals surface area contributed by atoms with Gasteiger partial charge in [0, 0.05) is 6.54 Å². The molecule has 0 spiro atoms. The maximum absolute atomic E-state index is 13.1. The molecule has 1 rings (SSSR count). The first-order valence-electron chi connectivity index (χ1n) is 4.70. The lowest BCUT2D eigenvalue weighted by Crippen LogP contribution is -2.29. The number of alkyl halides is 3. The zero-order chi connectivity index (χ0) is 13.2. The van der Waals surface area contributed by atoms with Crippen molar-refractivity contribution in [1.82, 2.24) is 0 Å². The molecule has 0 saturated heterocycles. The van der Waals surface area contributed by atoms with E-state index in [9.17, 15) is 27.8 Å². The van der Waals surface area contributed by atoms with E-state index in [1.807, 2.05) is 0 Å². The van der Waals surface area contributed by atoms with Gasteiger partial charge in [-0.3, -0.25) is 0 Å². The van der Waals surface area contributed by atoms with Crippen molar-refractivity contribution in [3.8, 4) is 0 Å². The Morgan fingerprint density at radius 2 is 1.82 bits per heavy atom. The highest BCUT2D eigenvalue weighted by atomic mass is 19.4. The standard InChI is InChI=1S/C10H11F4NO2/c11-6-3-1-2-5(8(6)10(12,13)14)9(17)7(16)4-15/h1-3,7,9,16-17H,4,15H2. The van der Waals surface area contributed by atoms with Gasteiger partial charge < -0.3 is 15.9 Å². The minimum Gasteiger partial charge on any atom is -0.389 e.